The molecule has 0 aromatic rings. The first-order valence-corrected chi connectivity index (χ1v) is 6.40. The summed E-state index contributed by atoms with van der Waals surface area (Å²) in [6.07, 6.45) is 0.955. The zero-order chi connectivity index (χ0) is 15.3. The number of carboxylic acid groups (broad SMARTS) is 1. The second-order valence-electron chi connectivity index (χ2n) is 4.83. The largest absolute Gasteiger partial charge is 0.481 e. The highest BCUT2D eigenvalue weighted by Crippen LogP contribution is 2.10. The summed E-state index contributed by atoms with van der Waals surface area (Å²) in [5.41, 5.74) is 0. The lowest BCUT2D eigenvalue weighted by atomic mass is 10.1. The molecular formula is C12H19N3O5. The molecule has 0 bridgehead atoms. The van der Waals surface area contributed by atoms with Crippen molar-refractivity contribution in [2.45, 2.75) is 32.2 Å². The standard InChI is InChI=1S/C12H19N3O5/c1-7(11(18)19)4-3-5-13-12(20)14-8-6-9(16)15(2)10(8)17/h7-8H,3-6H2,1-2H3,(H,18,19)(H2,13,14,20). The van der Waals surface area contributed by atoms with Gasteiger partial charge in [-0.15, -0.1) is 0 Å². The molecular weight excluding hydrogens is 266 g/mol. The Labute approximate surface area is 116 Å². The highest BCUT2D eigenvalue weighted by molar-refractivity contribution is 6.06. The van der Waals surface area contributed by atoms with Gasteiger partial charge in [-0.25, -0.2) is 4.79 Å². The second kappa shape index (κ2) is 6.88. The first-order chi connectivity index (χ1) is 9.32. The van der Waals surface area contributed by atoms with E-state index >= 15 is 0 Å². The summed E-state index contributed by atoms with van der Waals surface area (Å²) in [5, 5.41) is 13.6. The molecule has 0 aliphatic carbocycles. The number of carbonyl (C=O) groups excluding carboxylic acids is 3. The molecule has 0 aromatic heterocycles. The van der Waals surface area contributed by atoms with Crippen molar-refractivity contribution < 1.29 is 24.3 Å². The van der Waals surface area contributed by atoms with Crippen molar-refractivity contribution in [3.05, 3.63) is 0 Å². The Hall–Kier alpha value is -2.12. The average Bonchev–Trinajstić information content (AvgIpc) is 2.62. The topological polar surface area (TPSA) is 116 Å². The summed E-state index contributed by atoms with van der Waals surface area (Å²) in [6.45, 7) is 1.91. The van der Waals surface area contributed by atoms with E-state index in [0.717, 1.165) is 4.90 Å². The number of likely N-dealkylation sites (tertiary alicyclic amines) is 1. The molecule has 1 aliphatic rings. The van der Waals surface area contributed by atoms with Crippen LogP contribution in [0.3, 0.4) is 0 Å². The van der Waals surface area contributed by atoms with E-state index in [0.29, 0.717) is 19.4 Å². The van der Waals surface area contributed by atoms with E-state index in [-0.39, 0.29) is 12.3 Å². The van der Waals surface area contributed by atoms with Gasteiger partial charge < -0.3 is 15.7 Å². The number of amides is 4. The second-order valence-corrected chi connectivity index (χ2v) is 4.83. The molecule has 1 rings (SSSR count). The summed E-state index contributed by atoms with van der Waals surface area (Å²) in [5.74, 6) is -2.07. The Kier molecular flexibility index (Phi) is 5.48. The lowest BCUT2D eigenvalue weighted by Crippen LogP contribution is -2.45. The monoisotopic (exact) mass is 285 g/mol. The minimum absolute atomic E-state index is 0.0290. The predicted octanol–water partition coefficient (Wildman–Crippen LogP) is -0.456. The van der Waals surface area contributed by atoms with Crippen molar-refractivity contribution in [1.82, 2.24) is 15.5 Å². The van der Waals surface area contributed by atoms with Crippen molar-refractivity contribution in [2.75, 3.05) is 13.6 Å². The number of carbonyl (C=O) groups is 4. The van der Waals surface area contributed by atoms with Gasteiger partial charge in [0.05, 0.1) is 12.3 Å². The van der Waals surface area contributed by atoms with Crippen molar-refractivity contribution >= 4 is 23.8 Å². The van der Waals surface area contributed by atoms with Gasteiger partial charge in [-0.1, -0.05) is 6.92 Å². The maximum atomic E-state index is 11.5. The van der Waals surface area contributed by atoms with Crippen LogP contribution in [0, 0.1) is 5.92 Å². The Morgan fingerprint density at radius 3 is 2.60 bits per heavy atom. The van der Waals surface area contributed by atoms with E-state index < -0.39 is 29.9 Å². The molecule has 2 atom stereocenters. The summed E-state index contributed by atoms with van der Waals surface area (Å²) in [4.78, 5) is 45.9. The van der Waals surface area contributed by atoms with Crippen LogP contribution in [0.25, 0.3) is 0 Å². The minimum atomic E-state index is -0.868. The third-order valence-corrected chi connectivity index (χ3v) is 3.21. The first-order valence-electron chi connectivity index (χ1n) is 6.40. The maximum absolute atomic E-state index is 11.5. The summed E-state index contributed by atoms with van der Waals surface area (Å²) < 4.78 is 0. The van der Waals surface area contributed by atoms with Crippen molar-refractivity contribution in [3.8, 4) is 0 Å². The highest BCUT2D eigenvalue weighted by atomic mass is 16.4. The fourth-order valence-corrected chi connectivity index (χ4v) is 1.81. The minimum Gasteiger partial charge on any atom is -0.481 e. The number of likely N-dealkylation sites (N-methyl/N-ethyl adjacent to an activating group) is 1. The van der Waals surface area contributed by atoms with E-state index in [4.69, 9.17) is 5.11 Å². The predicted molar refractivity (Wildman–Crippen MR) is 68.8 cm³/mol. The molecule has 20 heavy (non-hydrogen) atoms. The van der Waals surface area contributed by atoms with Crippen LogP contribution in [-0.4, -0.2) is 53.5 Å². The molecule has 0 aromatic carbocycles. The fourth-order valence-electron chi connectivity index (χ4n) is 1.81. The quantitative estimate of drug-likeness (QED) is 0.451. The summed E-state index contributed by atoms with van der Waals surface area (Å²) in [6, 6.07) is -1.35. The summed E-state index contributed by atoms with van der Waals surface area (Å²) in [7, 11) is 1.37. The first kappa shape index (κ1) is 15.9. The van der Waals surface area contributed by atoms with Gasteiger partial charge in [0.25, 0.3) is 5.91 Å². The van der Waals surface area contributed by atoms with Crippen molar-refractivity contribution in [3.63, 3.8) is 0 Å². The van der Waals surface area contributed by atoms with Crippen LogP contribution in [0.1, 0.15) is 26.2 Å². The maximum Gasteiger partial charge on any atom is 0.315 e. The number of imide groups is 1. The number of aliphatic carboxylic acids is 1. The third kappa shape index (κ3) is 4.22. The van der Waals surface area contributed by atoms with E-state index in [1.807, 2.05) is 0 Å². The van der Waals surface area contributed by atoms with Gasteiger partial charge in [-0.3, -0.25) is 19.3 Å². The Morgan fingerprint density at radius 2 is 2.10 bits per heavy atom. The van der Waals surface area contributed by atoms with Crippen molar-refractivity contribution in [2.24, 2.45) is 5.92 Å². The van der Waals surface area contributed by atoms with Gasteiger partial charge in [-0.05, 0) is 12.8 Å². The number of nitrogens with one attached hydrogen (secondary N) is 2. The molecule has 8 heteroatoms. The third-order valence-electron chi connectivity index (χ3n) is 3.21. The van der Waals surface area contributed by atoms with Crippen molar-refractivity contribution in [1.29, 1.82) is 0 Å². The van der Waals surface area contributed by atoms with Crippen LogP contribution in [-0.2, 0) is 14.4 Å². The van der Waals surface area contributed by atoms with E-state index in [2.05, 4.69) is 10.6 Å². The highest BCUT2D eigenvalue weighted by Gasteiger charge is 2.36. The molecule has 1 fully saturated rings. The Morgan fingerprint density at radius 1 is 1.45 bits per heavy atom. The molecule has 3 N–H and O–H groups in total. The molecule has 0 spiro atoms. The molecule has 8 nitrogen and oxygen atoms in total. The number of nitrogens with zero attached hydrogens (tertiary/aromatic N) is 1. The van der Waals surface area contributed by atoms with Crippen LogP contribution in [0.2, 0.25) is 0 Å². The number of rotatable bonds is 6. The van der Waals surface area contributed by atoms with Gasteiger partial charge in [-0.2, -0.15) is 0 Å². The molecule has 1 aliphatic heterocycles. The number of carboxylic acids is 1. The van der Waals surface area contributed by atoms with Gasteiger partial charge in [0.1, 0.15) is 6.04 Å². The Bertz CT molecular complexity index is 423. The molecule has 4 amide bonds. The van der Waals surface area contributed by atoms with Gasteiger partial charge in [0.15, 0.2) is 0 Å². The molecule has 112 valence electrons. The lowest BCUT2D eigenvalue weighted by Gasteiger charge is -2.12. The van der Waals surface area contributed by atoms with Crippen LogP contribution < -0.4 is 10.6 Å². The van der Waals surface area contributed by atoms with Gasteiger partial charge in [0.2, 0.25) is 5.91 Å². The zero-order valence-electron chi connectivity index (χ0n) is 11.5. The van der Waals surface area contributed by atoms with Crippen LogP contribution >= 0.6 is 0 Å². The summed E-state index contributed by atoms with van der Waals surface area (Å²) >= 11 is 0. The number of urea groups is 1. The average molecular weight is 285 g/mol. The van der Waals surface area contributed by atoms with E-state index in [1.54, 1.807) is 6.92 Å². The molecule has 0 radical (unpaired) electrons. The fraction of sp³-hybridized carbons (Fsp3) is 0.667. The number of hydrogen-bond donors (Lipinski definition) is 3. The Balaban J connectivity index is 2.23. The number of hydrogen-bond acceptors (Lipinski definition) is 4. The van der Waals surface area contributed by atoms with Crippen LogP contribution in [0.4, 0.5) is 4.79 Å². The van der Waals surface area contributed by atoms with Gasteiger partial charge in [0, 0.05) is 13.6 Å². The van der Waals surface area contributed by atoms with E-state index in [1.165, 1.54) is 7.05 Å². The molecule has 2 unspecified atom stereocenters. The van der Waals surface area contributed by atoms with Crippen LogP contribution in [0.15, 0.2) is 0 Å². The SMILES string of the molecule is CC(CCCNC(=O)NC1CC(=O)N(C)C1=O)C(=O)O. The smallest absolute Gasteiger partial charge is 0.315 e. The molecule has 1 heterocycles. The van der Waals surface area contributed by atoms with Crippen LogP contribution in [0.5, 0.6) is 0 Å². The molecule has 1 saturated heterocycles. The normalized spacial score (nSPS) is 19.9. The lowest BCUT2D eigenvalue weighted by molar-refractivity contribution is -0.141. The zero-order valence-corrected chi connectivity index (χ0v) is 11.5. The molecule has 0 saturated carbocycles. The van der Waals surface area contributed by atoms with E-state index in [9.17, 15) is 19.2 Å². The van der Waals surface area contributed by atoms with Gasteiger partial charge >= 0.3 is 12.0 Å².